The Morgan fingerprint density at radius 2 is 2.38 bits per heavy atom. The number of amides is 1. The van der Waals surface area contributed by atoms with Crippen molar-refractivity contribution in [2.75, 3.05) is 0 Å². The van der Waals surface area contributed by atoms with Gasteiger partial charge in [0.2, 0.25) is 11.9 Å². The molecule has 84 valence electrons. The highest BCUT2D eigenvalue weighted by Crippen LogP contribution is 2.22. The second-order valence-electron chi connectivity index (χ2n) is 3.98. The van der Waals surface area contributed by atoms with Gasteiger partial charge in [-0.05, 0) is 18.4 Å². The molecule has 1 aromatic rings. The molecule has 0 saturated heterocycles. The van der Waals surface area contributed by atoms with Crippen LogP contribution < -0.4 is 5.32 Å². The van der Waals surface area contributed by atoms with Crippen molar-refractivity contribution in [3.63, 3.8) is 0 Å². The number of carbonyl (C=O) groups is 1. The average molecular weight is 220 g/mol. The third kappa shape index (κ3) is 2.10. The third-order valence-electron chi connectivity index (χ3n) is 2.92. The van der Waals surface area contributed by atoms with Gasteiger partial charge in [-0.15, -0.1) is 0 Å². The van der Waals surface area contributed by atoms with Crippen molar-refractivity contribution in [2.24, 2.45) is 11.8 Å². The Hall–Kier alpha value is -1.71. The number of nitrogens with zero attached hydrogens (tertiary/aromatic N) is 1. The van der Waals surface area contributed by atoms with Gasteiger partial charge in [0.1, 0.15) is 0 Å². The molecule has 0 unspecified atom stereocenters. The van der Waals surface area contributed by atoms with Crippen LogP contribution in [0, 0.1) is 17.8 Å². The van der Waals surface area contributed by atoms with Gasteiger partial charge in [0.25, 0.3) is 0 Å². The number of carbonyl (C=O) groups excluding carboxylic acids is 1. The van der Waals surface area contributed by atoms with E-state index in [1.807, 2.05) is 13.0 Å². The van der Waals surface area contributed by atoms with Crippen LogP contribution in [0.4, 0.5) is 4.39 Å². The summed E-state index contributed by atoms with van der Waals surface area (Å²) in [5, 5.41) is 2.63. The highest BCUT2D eigenvalue weighted by Gasteiger charge is 2.25. The molecule has 0 saturated carbocycles. The monoisotopic (exact) mass is 220 g/mol. The van der Waals surface area contributed by atoms with E-state index in [1.54, 1.807) is 18.3 Å². The summed E-state index contributed by atoms with van der Waals surface area (Å²) in [6, 6.07) is 3.41. The molecule has 0 spiro atoms. The maximum absolute atomic E-state index is 13.3. The van der Waals surface area contributed by atoms with Crippen LogP contribution >= 0.6 is 0 Å². The fraction of sp³-hybridized carbons (Fsp3) is 0.333. The number of aromatic nitrogens is 1. The first-order chi connectivity index (χ1) is 7.68. The van der Waals surface area contributed by atoms with Gasteiger partial charge in [-0.3, -0.25) is 4.79 Å². The van der Waals surface area contributed by atoms with E-state index in [0.29, 0.717) is 12.0 Å². The van der Waals surface area contributed by atoms with Crippen molar-refractivity contribution < 1.29 is 9.18 Å². The number of pyridine rings is 1. The summed E-state index contributed by atoms with van der Waals surface area (Å²) < 4.78 is 13.3. The lowest BCUT2D eigenvalue weighted by molar-refractivity contribution is -0.125. The molecule has 2 rings (SSSR count). The van der Waals surface area contributed by atoms with Gasteiger partial charge in [0.05, 0.1) is 0 Å². The molecule has 1 aliphatic heterocycles. The van der Waals surface area contributed by atoms with Gasteiger partial charge >= 0.3 is 0 Å². The van der Waals surface area contributed by atoms with Crippen LogP contribution in [0.1, 0.15) is 12.5 Å². The van der Waals surface area contributed by atoms with Crippen LogP contribution in [0.3, 0.4) is 0 Å². The average Bonchev–Trinajstić information content (AvgIpc) is 2.28. The molecular weight excluding hydrogens is 207 g/mol. The Morgan fingerprint density at radius 1 is 1.56 bits per heavy atom. The van der Waals surface area contributed by atoms with Crippen molar-refractivity contribution in [2.45, 2.75) is 13.3 Å². The summed E-state index contributed by atoms with van der Waals surface area (Å²) >= 11 is 0. The fourth-order valence-corrected chi connectivity index (χ4v) is 1.82. The largest absolute Gasteiger partial charge is 0.333 e. The number of allylic oxidation sites excluding steroid dienone is 1. The number of rotatable bonds is 2. The van der Waals surface area contributed by atoms with Crippen molar-refractivity contribution in [3.8, 4) is 0 Å². The van der Waals surface area contributed by atoms with Crippen LogP contribution in [-0.4, -0.2) is 10.9 Å². The van der Waals surface area contributed by atoms with Crippen LogP contribution in [0.5, 0.6) is 0 Å². The first-order valence-corrected chi connectivity index (χ1v) is 5.25. The normalized spacial score (nSPS) is 24.2. The molecule has 3 nitrogen and oxygen atoms in total. The minimum atomic E-state index is -0.450. The second kappa shape index (κ2) is 4.43. The van der Waals surface area contributed by atoms with Crippen molar-refractivity contribution >= 4 is 5.91 Å². The second-order valence-corrected chi connectivity index (χ2v) is 3.98. The molecule has 1 N–H and O–H groups in total. The van der Waals surface area contributed by atoms with E-state index in [4.69, 9.17) is 0 Å². The van der Waals surface area contributed by atoms with Crippen molar-refractivity contribution in [1.82, 2.24) is 10.3 Å². The summed E-state index contributed by atoms with van der Waals surface area (Å²) in [5.41, 5.74) is 0.554. The van der Waals surface area contributed by atoms with Crippen molar-refractivity contribution in [3.05, 3.63) is 42.1 Å². The fourth-order valence-electron chi connectivity index (χ4n) is 1.82. The van der Waals surface area contributed by atoms with E-state index in [9.17, 15) is 9.18 Å². The molecule has 0 bridgehead atoms. The lowest BCUT2D eigenvalue weighted by Crippen LogP contribution is -2.34. The van der Waals surface area contributed by atoms with Crippen LogP contribution in [0.15, 0.2) is 30.6 Å². The maximum Gasteiger partial charge on any atom is 0.227 e. The molecule has 0 fully saturated rings. The first kappa shape index (κ1) is 10.8. The van der Waals surface area contributed by atoms with Gasteiger partial charge in [0, 0.05) is 23.9 Å². The van der Waals surface area contributed by atoms with Crippen molar-refractivity contribution in [1.29, 1.82) is 0 Å². The molecule has 1 aliphatic rings. The molecule has 1 amide bonds. The van der Waals surface area contributed by atoms with E-state index in [1.165, 1.54) is 6.20 Å². The number of halogens is 1. The topological polar surface area (TPSA) is 42.0 Å². The maximum atomic E-state index is 13.3. The molecule has 2 atom stereocenters. The standard InChI is InChI=1S/C12H13FN2O/c1-8-9(4-6-15-12(8)16)7-10-3-2-5-14-11(10)13/h2-6,8-9H,7H2,1H3,(H,15,16)/t8-,9-/m0/s1. The van der Waals surface area contributed by atoms with Crippen LogP contribution in [-0.2, 0) is 11.2 Å². The lowest BCUT2D eigenvalue weighted by atomic mass is 9.86. The van der Waals surface area contributed by atoms with Crippen LogP contribution in [0.2, 0.25) is 0 Å². The summed E-state index contributed by atoms with van der Waals surface area (Å²) in [7, 11) is 0. The number of nitrogens with one attached hydrogen (secondary N) is 1. The third-order valence-corrected chi connectivity index (χ3v) is 2.92. The zero-order valence-corrected chi connectivity index (χ0v) is 8.98. The summed E-state index contributed by atoms with van der Waals surface area (Å²) in [6.45, 7) is 1.85. The Kier molecular flexibility index (Phi) is 2.99. The van der Waals surface area contributed by atoms with Crippen LogP contribution in [0.25, 0.3) is 0 Å². The Morgan fingerprint density at radius 3 is 3.12 bits per heavy atom. The predicted octanol–water partition coefficient (Wildman–Crippen LogP) is 1.66. The first-order valence-electron chi connectivity index (χ1n) is 5.25. The van der Waals surface area contributed by atoms with E-state index in [2.05, 4.69) is 10.3 Å². The lowest BCUT2D eigenvalue weighted by Gasteiger charge is -2.23. The Labute approximate surface area is 93.4 Å². The quantitative estimate of drug-likeness (QED) is 0.770. The molecule has 4 heteroatoms. The molecule has 16 heavy (non-hydrogen) atoms. The SMILES string of the molecule is C[C@@H]1C(=O)NC=C[C@H]1Cc1cccnc1F. The van der Waals surface area contributed by atoms with Gasteiger partial charge in [-0.25, -0.2) is 4.98 Å². The highest BCUT2D eigenvalue weighted by atomic mass is 19.1. The van der Waals surface area contributed by atoms with Gasteiger partial charge < -0.3 is 5.32 Å². The highest BCUT2D eigenvalue weighted by molar-refractivity contribution is 5.80. The minimum absolute atomic E-state index is 0.0169. The summed E-state index contributed by atoms with van der Waals surface area (Å²) in [4.78, 5) is 15.0. The number of hydrogen-bond donors (Lipinski definition) is 1. The number of hydrogen-bond acceptors (Lipinski definition) is 2. The molecule has 2 heterocycles. The predicted molar refractivity (Wildman–Crippen MR) is 57.8 cm³/mol. The van der Waals surface area contributed by atoms with E-state index in [-0.39, 0.29) is 17.7 Å². The van der Waals surface area contributed by atoms with E-state index < -0.39 is 5.95 Å². The minimum Gasteiger partial charge on any atom is -0.333 e. The molecule has 0 radical (unpaired) electrons. The van der Waals surface area contributed by atoms with Gasteiger partial charge in [-0.2, -0.15) is 4.39 Å². The van der Waals surface area contributed by atoms with E-state index in [0.717, 1.165) is 0 Å². The molecular formula is C12H13FN2O. The molecule has 0 aliphatic carbocycles. The summed E-state index contributed by atoms with van der Waals surface area (Å²) in [5.74, 6) is -0.567. The smallest absolute Gasteiger partial charge is 0.227 e. The molecule has 1 aromatic heterocycles. The summed E-state index contributed by atoms with van der Waals surface area (Å²) in [6.07, 6.45) is 5.45. The van der Waals surface area contributed by atoms with Gasteiger partial charge in [0.15, 0.2) is 0 Å². The molecule has 0 aromatic carbocycles. The van der Waals surface area contributed by atoms with Gasteiger partial charge in [-0.1, -0.05) is 19.1 Å². The Balaban J connectivity index is 2.16. The van der Waals surface area contributed by atoms with E-state index >= 15 is 0 Å². The zero-order chi connectivity index (χ0) is 11.5. The Bertz CT molecular complexity index is 431. The zero-order valence-electron chi connectivity index (χ0n) is 8.98.